The number of fused-ring (bicyclic) bond motifs is 1. The average molecular weight is 573 g/mol. The van der Waals surface area contributed by atoms with Crippen LogP contribution >= 0.6 is 34.9 Å². The number of anilines is 1. The topological polar surface area (TPSA) is 189 Å². The molecule has 2 aliphatic rings. The Bertz CT molecular complexity index is 1460. The summed E-state index contributed by atoms with van der Waals surface area (Å²) in [5, 5.41) is 25.5. The highest BCUT2D eigenvalue weighted by atomic mass is 32.2. The number of benzene rings is 1. The van der Waals surface area contributed by atoms with Crippen molar-refractivity contribution in [2.45, 2.75) is 21.8 Å². The minimum Gasteiger partial charge on any atom is -0.477 e. The molecule has 13 nitrogen and oxygen atoms in total. The third-order valence-electron chi connectivity index (χ3n) is 5.69. The molecule has 2 aliphatic heterocycles. The first-order chi connectivity index (χ1) is 18.3. The first-order valence-electron chi connectivity index (χ1n) is 11.0. The van der Waals surface area contributed by atoms with Crippen molar-refractivity contribution in [1.29, 1.82) is 0 Å². The molecule has 2 amide bonds. The van der Waals surface area contributed by atoms with Crippen molar-refractivity contribution in [3.8, 4) is 11.4 Å². The number of nitrogen functional groups attached to an aromatic ring is 1. The number of thioether (sulfide) groups is 2. The van der Waals surface area contributed by atoms with Crippen molar-refractivity contribution in [3.05, 3.63) is 52.7 Å². The number of thiazole rings is 1. The van der Waals surface area contributed by atoms with Gasteiger partial charge in [-0.1, -0.05) is 59.0 Å². The predicted octanol–water partition coefficient (Wildman–Crippen LogP) is 1.85. The minimum atomic E-state index is -1.47. The van der Waals surface area contributed by atoms with Crippen molar-refractivity contribution in [2.24, 2.45) is 5.16 Å². The Morgan fingerprint density at radius 2 is 2.18 bits per heavy atom. The molecular weight excluding hydrogens is 552 g/mol. The number of oxime groups is 1. The van der Waals surface area contributed by atoms with E-state index >= 15 is 0 Å². The van der Waals surface area contributed by atoms with Crippen LogP contribution in [0.1, 0.15) is 12.1 Å². The summed E-state index contributed by atoms with van der Waals surface area (Å²) in [6, 6.07) is 9.39. The van der Waals surface area contributed by atoms with Crippen LogP contribution in [0.2, 0.25) is 0 Å². The molecule has 5 N–H and O–H groups in total. The van der Waals surface area contributed by atoms with Gasteiger partial charge in [-0.05, 0) is 0 Å². The molecule has 5 rings (SSSR count). The highest BCUT2D eigenvalue weighted by Gasteiger charge is 2.56. The number of hydrogen-bond acceptors (Lipinski definition) is 12. The number of nitrogens with zero attached hydrogens (tertiary/aromatic N) is 5. The van der Waals surface area contributed by atoms with Gasteiger partial charge in [0.25, 0.3) is 5.91 Å². The second kappa shape index (κ2) is 10.5. The molecule has 0 spiro atoms. The molecule has 38 heavy (non-hydrogen) atoms. The Kier molecular flexibility index (Phi) is 7.09. The summed E-state index contributed by atoms with van der Waals surface area (Å²) < 4.78 is 0. The van der Waals surface area contributed by atoms with Gasteiger partial charge < -0.3 is 21.0 Å². The van der Waals surface area contributed by atoms with E-state index in [2.05, 4.69) is 35.5 Å². The molecule has 4 heterocycles. The first-order valence-corrected chi connectivity index (χ1v) is 13.7. The fraction of sp³-hybridized carbons (Fsp3) is 0.227. The number of hydrogen-bond donors (Lipinski definition) is 4. The summed E-state index contributed by atoms with van der Waals surface area (Å²) in [5.41, 5.74) is 7.08. The van der Waals surface area contributed by atoms with Gasteiger partial charge in [0.2, 0.25) is 11.1 Å². The molecule has 0 saturated carbocycles. The average Bonchev–Trinajstić information content (AvgIpc) is 3.56. The zero-order chi connectivity index (χ0) is 26.9. The number of carbonyl (C=O) groups excluding carboxylic acids is 2. The van der Waals surface area contributed by atoms with Crippen molar-refractivity contribution >= 4 is 64.0 Å². The minimum absolute atomic E-state index is 0.0103. The van der Waals surface area contributed by atoms with Crippen LogP contribution in [0.4, 0.5) is 5.13 Å². The van der Waals surface area contributed by atoms with Gasteiger partial charge in [0.1, 0.15) is 19.0 Å². The molecule has 196 valence electrons. The summed E-state index contributed by atoms with van der Waals surface area (Å²) in [7, 11) is 1.29. The highest BCUT2D eigenvalue weighted by Crippen LogP contribution is 2.55. The van der Waals surface area contributed by atoms with E-state index in [0.717, 1.165) is 34.9 Å². The van der Waals surface area contributed by atoms with Gasteiger partial charge in [0.15, 0.2) is 15.8 Å². The Morgan fingerprint density at radius 1 is 1.39 bits per heavy atom. The van der Waals surface area contributed by atoms with E-state index in [1.165, 1.54) is 23.8 Å². The van der Waals surface area contributed by atoms with Crippen LogP contribution in [0.25, 0.3) is 11.4 Å². The van der Waals surface area contributed by atoms with E-state index in [0.29, 0.717) is 16.7 Å². The van der Waals surface area contributed by atoms with E-state index in [9.17, 15) is 19.5 Å². The Balaban J connectivity index is 1.58. The number of carboxylic acids is 1. The molecule has 1 unspecified atom stereocenters. The second-order valence-corrected chi connectivity index (χ2v) is 11.2. The summed E-state index contributed by atoms with van der Waals surface area (Å²) in [4.78, 5) is 51.2. The lowest BCUT2D eigenvalue weighted by atomic mass is 9.98. The van der Waals surface area contributed by atoms with Crippen molar-refractivity contribution in [2.75, 3.05) is 18.6 Å². The van der Waals surface area contributed by atoms with Crippen LogP contribution in [0, 0.1) is 0 Å². The number of nitrogens with one attached hydrogen (secondary N) is 2. The third-order valence-corrected chi connectivity index (χ3v) is 8.80. The van der Waals surface area contributed by atoms with Crippen LogP contribution in [0.3, 0.4) is 0 Å². The standard InChI is InChI=1S/C22H20N8O5S3/c1-35-24-8-14(31)27-22(13-10-36-20(23)25-13)12(17(19(33)34)30-15(32)7-16(30)38-22)9-37-21-26-18(28-29-21)11-5-3-2-4-6-11/h2-6,8,10,16H,7,9H2,1H3,(H2,23,25)(H,27,31)(H,33,34)(H,26,28,29)/t16-,22?/m0/s1. The molecule has 0 bridgehead atoms. The van der Waals surface area contributed by atoms with Gasteiger partial charge >= 0.3 is 5.97 Å². The largest absolute Gasteiger partial charge is 0.477 e. The number of amides is 2. The fourth-order valence-corrected chi connectivity index (χ4v) is 7.38. The molecule has 3 aromatic rings. The van der Waals surface area contributed by atoms with Crippen LogP contribution in [0.5, 0.6) is 0 Å². The van der Waals surface area contributed by atoms with Crippen LogP contribution in [0.15, 0.2) is 57.3 Å². The van der Waals surface area contributed by atoms with Gasteiger partial charge in [0.05, 0.1) is 17.5 Å². The SMILES string of the molecule is CON=CC(=O)NC1(c2csc(N)n2)S[C@H]2CC(=O)N2C(C(=O)O)=C1CSc1n[nH]c(-c2ccccc2)n1. The monoisotopic (exact) mass is 572 g/mol. The number of rotatable bonds is 9. The van der Waals surface area contributed by atoms with E-state index in [4.69, 9.17) is 5.73 Å². The molecule has 2 atom stereocenters. The van der Waals surface area contributed by atoms with Gasteiger partial charge in [-0.3, -0.25) is 19.6 Å². The van der Waals surface area contributed by atoms with Gasteiger partial charge in [-0.25, -0.2) is 14.8 Å². The van der Waals surface area contributed by atoms with E-state index in [1.807, 2.05) is 30.3 Å². The maximum atomic E-state index is 12.9. The molecule has 1 aromatic carbocycles. The predicted molar refractivity (Wildman–Crippen MR) is 142 cm³/mol. The molecule has 1 saturated heterocycles. The van der Waals surface area contributed by atoms with Gasteiger partial charge in [-0.2, -0.15) is 0 Å². The zero-order valence-electron chi connectivity index (χ0n) is 19.7. The number of carboxylic acid groups (broad SMARTS) is 1. The van der Waals surface area contributed by atoms with E-state index in [-0.39, 0.29) is 34.5 Å². The molecule has 16 heteroatoms. The number of nitrogens with two attached hydrogens (primary N) is 1. The van der Waals surface area contributed by atoms with E-state index < -0.39 is 22.1 Å². The summed E-state index contributed by atoms with van der Waals surface area (Å²) in [6.07, 6.45) is 1.04. The number of β-lactam (4-membered cyclic amide) rings is 1. The number of aromatic nitrogens is 4. The maximum Gasteiger partial charge on any atom is 0.352 e. The second-order valence-electron chi connectivity index (χ2n) is 7.95. The molecule has 0 radical (unpaired) electrons. The molecular formula is C22H20N8O5S3. The highest BCUT2D eigenvalue weighted by molar-refractivity contribution is 8.01. The quantitative estimate of drug-likeness (QED) is 0.127. The lowest BCUT2D eigenvalue weighted by Crippen LogP contribution is -2.61. The molecule has 1 fully saturated rings. The van der Waals surface area contributed by atoms with Crippen LogP contribution in [-0.2, 0) is 24.1 Å². The van der Waals surface area contributed by atoms with Crippen molar-refractivity contribution < 1.29 is 24.3 Å². The van der Waals surface area contributed by atoms with Gasteiger partial charge in [0, 0.05) is 22.3 Å². The number of H-pyrrole nitrogens is 1. The number of aliphatic carboxylic acids is 1. The summed E-state index contributed by atoms with van der Waals surface area (Å²) >= 11 is 3.50. The number of carbonyl (C=O) groups is 3. The number of aromatic amines is 1. The molecule has 2 aromatic heterocycles. The Labute approximate surface area is 227 Å². The summed E-state index contributed by atoms with van der Waals surface area (Å²) in [5.74, 6) is -1.74. The van der Waals surface area contributed by atoms with Crippen LogP contribution in [-0.4, -0.2) is 72.4 Å². The zero-order valence-corrected chi connectivity index (χ0v) is 22.1. The van der Waals surface area contributed by atoms with Crippen molar-refractivity contribution in [1.82, 2.24) is 30.4 Å². The lowest BCUT2D eigenvalue weighted by molar-refractivity contribution is -0.146. The van der Waals surface area contributed by atoms with Gasteiger partial charge in [-0.15, -0.1) is 16.4 Å². The smallest absolute Gasteiger partial charge is 0.352 e. The van der Waals surface area contributed by atoms with Crippen molar-refractivity contribution in [3.63, 3.8) is 0 Å². The fourth-order valence-electron chi connectivity index (χ4n) is 4.05. The van der Waals surface area contributed by atoms with Crippen LogP contribution < -0.4 is 11.1 Å². The normalized spacial score (nSPS) is 20.8. The lowest BCUT2D eigenvalue weighted by Gasteiger charge is -2.51. The third kappa shape index (κ3) is 4.72. The maximum absolute atomic E-state index is 12.9. The molecule has 0 aliphatic carbocycles. The summed E-state index contributed by atoms with van der Waals surface area (Å²) in [6.45, 7) is 0. The van der Waals surface area contributed by atoms with E-state index in [1.54, 1.807) is 5.38 Å². The Hall–Kier alpha value is -3.89. The first kappa shape index (κ1) is 25.7. The Morgan fingerprint density at radius 3 is 2.84 bits per heavy atom.